The number of benzene rings is 1. The lowest BCUT2D eigenvalue weighted by molar-refractivity contribution is 0.239. The Hall–Kier alpha value is -1.76. The van der Waals surface area contributed by atoms with E-state index in [0.29, 0.717) is 5.69 Å². The number of carbonyl (C=O) groups is 1. The average molecular weight is 356 g/mol. The van der Waals surface area contributed by atoms with Crippen LogP contribution in [-0.2, 0) is 15.4 Å². The number of carbonyl (C=O) groups excluding carboxylic acids is 1. The maximum absolute atomic E-state index is 12.1. The normalized spacial score (nSPS) is 12.1. The lowest BCUT2D eigenvalue weighted by atomic mass is 9.87. The van der Waals surface area contributed by atoms with Gasteiger partial charge in [-0.3, -0.25) is 4.31 Å². The second-order valence-corrected chi connectivity index (χ2v) is 9.09. The van der Waals surface area contributed by atoms with Crippen LogP contribution in [-0.4, -0.2) is 39.8 Å². The Morgan fingerprint density at radius 2 is 1.71 bits per heavy atom. The first kappa shape index (κ1) is 20.3. The van der Waals surface area contributed by atoms with Crippen LogP contribution in [0.15, 0.2) is 24.3 Å². The van der Waals surface area contributed by atoms with Crippen LogP contribution in [0.25, 0.3) is 0 Å². The fourth-order valence-corrected chi connectivity index (χ4v) is 3.13. The quantitative estimate of drug-likeness (QED) is 0.823. The van der Waals surface area contributed by atoms with E-state index in [4.69, 9.17) is 0 Å². The molecule has 0 aliphatic heterocycles. The Morgan fingerprint density at radius 1 is 1.17 bits per heavy atom. The number of hydrogen-bond donors (Lipinski definition) is 2. The second-order valence-electron chi connectivity index (χ2n) is 7.19. The van der Waals surface area contributed by atoms with E-state index < -0.39 is 10.0 Å². The minimum absolute atomic E-state index is 0.00490. The zero-order valence-corrected chi connectivity index (χ0v) is 16.2. The van der Waals surface area contributed by atoms with Crippen molar-refractivity contribution in [2.45, 2.75) is 46.1 Å². The molecule has 0 bridgehead atoms. The molecule has 1 rings (SSSR count). The molecule has 136 valence electrons. The van der Waals surface area contributed by atoms with Crippen LogP contribution in [0, 0.1) is 0 Å². The Kier molecular flexibility index (Phi) is 6.66. The lowest BCUT2D eigenvalue weighted by Gasteiger charge is -2.24. The van der Waals surface area contributed by atoms with Gasteiger partial charge in [-0.15, -0.1) is 0 Å². The van der Waals surface area contributed by atoms with E-state index in [1.54, 1.807) is 12.1 Å². The third-order valence-corrected chi connectivity index (χ3v) is 4.64. The SMILES string of the molecule is CC(C)NC(=O)NCCN(c1ccc(C(C)(C)C)cc1)S(C)(=O)=O. The van der Waals surface area contributed by atoms with Crippen LogP contribution in [0.2, 0.25) is 0 Å². The van der Waals surface area contributed by atoms with Crippen molar-refractivity contribution in [2.75, 3.05) is 23.7 Å². The van der Waals surface area contributed by atoms with Gasteiger partial charge < -0.3 is 10.6 Å². The molecule has 0 atom stereocenters. The number of amides is 2. The van der Waals surface area contributed by atoms with Crippen LogP contribution in [0.5, 0.6) is 0 Å². The first-order valence-corrected chi connectivity index (χ1v) is 9.88. The molecule has 2 N–H and O–H groups in total. The number of nitrogens with zero attached hydrogens (tertiary/aromatic N) is 1. The van der Waals surface area contributed by atoms with Crippen molar-refractivity contribution in [2.24, 2.45) is 0 Å². The molecular formula is C17H29N3O3S. The monoisotopic (exact) mass is 355 g/mol. The summed E-state index contributed by atoms with van der Waals surface area (Å²) in [4.78, 5) is 11.6. The highest BCUT2D eigenvalue weighted by Crippen LogP contribution is 2.25. The minimum atomic E-state index is -3.43. The molecule has 0 saturated carbocycles. The van der Waals surface area contributed by atoms with Crippen molar-refractivity contribution < 1.29 is 13.2 Å². The first-order chi connectivity index (χ1) is 10.9. The molecule has 0 unspecified atom stereocenters. The molecule has 1 aromatic rings. The molecule has 1 aromatic carbocycles. The third-order valence-electron chi connectivity index (χ3n) is 3.44. The first-order valence-electron chi connectivity index (χ1n) is 8.04. The number of urea groups is 1. The third kappa shape index (κ3) is 6.39. The maximum Gasteiger partial charge on any atom is 0.315 e. The van der Waals surface area contributed by atoms with Crippen LogP contribution in [0.4, 0.5) is 10.5 Å². The van der Waals surface area contributed by atoms with Gasteiger partial charge in [-0.05, 0) is 37.0 Å². The number of nitrogens with one attached hydrogen (secondary N) is 2. The number of sulfonamides is 1. The predicted molar refractivity (Wildman–Crippen MR) is 99.0 cm³/mol. The standard InChI is InChI=1S/C17H29N3O3S/c1-13(2)19-16(21)18-11-12-20(24(6,22)23)15-9-7-14(8-10-15)17(3,4)5/h7-10,13H,11-12H2,1-6H3,(H2,18,19,21). The van der Waals surface area contributed by atoms with E-state index in [9.17, 15) is 13.2 Å². The van der Waals surface area contributed by atoms with Crippen LogP contribution < -0.4 is 14.9 Å². The zero-order chi connectivity index (χ0) is 18.5. The summed E-state index contributed by atoms with van der Waals surface area (Å²) in [6, 6.07) is 7.20. The van der Waals surface area contributed by atoms with E-state index in [-0.39, 0.29) is 30.6 Å². The second kappa shape index (κ2) is 7.88. The summed E-state index contributed by atoms with van der Waals surface area (Å²) in [5.41, 5.74) is 1.73. The molecule has 0 aliphatic carbocycles. The van der Waals surface area contributed by atoms with Gasteiger partial charge in [0.05, 0.1) is 18.5 Å². The molecule has 0 radical (unpaired) electrons. The molecular weight excluding hydrogens is 326 g/mol. The molecule has 0 aliphatic rings. The van der Waals surface area contributed by atoms with Gasteiger partial charge in [-0.25, -0.2) is 13.2 Å². The largest absolute Gasteiger partial charge is 0.336 e. The molecule has 0 fully saturated rings. The summed E-state index contributed by atoms with van der Waals surface area (Å²) in [7, 11) is -3.43. The van der Waals surface area contributed by atoms with Gasteiger partial charge in [-0.2, -0.15) is 0 Å². The summed E-state index contributed by atoms with van der Waals surface area (Å²) in [5.74, 6) is 0. The Balaban J connectivity index is 2.82. The predicted octanol–water partition coefficient (Wildman–Crippen LogP) is 2.46. The number of anilines is 1. The summed E-state index contributed by atoms with van der Waals surface area (Å²) >= 11 is 0. The average Bonchev–Trinajstić information content (AvgIpc) is 2.40. The smallest absolute Gasteiger partial charge is 0.315 e. The van der Waals surface area contributed by atoms with Crippen molar-refractivity contribution in [3.8, 4) is 0 Å². The highest BCUT2D eigenvalue weighted by atomic mass is 32.2. The van der Waals surface area contributed by atoms with Crippen molar-refractivity contribution >= 4 is 21.7 Å². The van der Waals surface area contributed by atoms with Crippen LogP contribution in [0.1, 0.15) is 40.2 Å². The Labute approximate surface area is 145 Å². The van der Waals surface area contributed by atoms with Crippen LogP contribution in [0.3, 0.4) is 0 Å². The van der Waals surface area contributed by atoms with Crippen molar-refractivity contribution in [1.82, 2.24) is 10.6 Å². The van der Waals surface area contributed by atoms with Gasteiger partial charge in [0.2, 0.25) is 10.0 Å². The van der Waals surface area contributed by atoms with Gasteiger partial charge in [0, 0.05) is 12.6 Å². The van der Waals surface area contributed by atoms with Gasteiger partial charge in [0.25, 0.3) is 0 Å². The molecule has 7 heteroatoms. The zero-order valence-electron chi connectivity index (χ0n) is 15.4. The molecule has 0 aromatic heterocycles. The van der Waals surface area contributed by atoms with E-state index in [2.05, 4.69) is 31.4 Å². The van der Waals surface area contributed by atoms with Gasteiger partial charge in [0.15, 0.2) is 0 Å². The van der Waals surface area contributed by atoms with E-state index >= 15 is 0 Å². The van der Waals surface area contributed by atoms with E-state index in [1.165, 1.54) is 10.6 Å². The van der Waals surface area contributed by atoms with E-state index in [1.807, 2.05) is 26.0 Å². The molecule has 0 heterocycles. The summed E-state index contributed by atoms with van der Waals surface area (Å²) in [6.45, 7) is 10.4. The molecule has 6 nitrogen and oxygen atoms in total. The van der Waals surface area contributed by atoms with Crippen LogP contribution >= 0.6 is 0 Å². The maximum atomic E-state index is 12.1. The fourth-order valence-electron chi connectivity index (χ4n) is 2.20. The molecule has 24 heavy (non-hydrogen) atoms. The molecule has 0 spiro atoms. The number of hydrogen-bond acceptors (Lipinski definition) is 3. The van der Waals surface area contributed by atoms with Gasteiger partial charge in [-0.1, -0.05) is 32.9 Å². The highest BCUT2D eigenvalue weighted by Gasteiger charge is 2.19. The summed E-state index contributed by atoms with van der Waals surface area (Å²) < 4.78 is 25.4. The molecule has 2 amide bonds. The van der Waals surface area contributed by atoms with Crippen molar-refractivity contribution in [1.29, 1.82) is 0 Å². The van der Waals surface area contributed by atoms with Gasteiger partial charge in [0.1, 0.15) is 0 Å². The number of rotatable bonds is 6. The van der Waals surface area contributed by atoms with Crippen molar-refractivity contribution in [3.05, 3.63) is 29.8 Å². The topological polar surface area (TPSA) is 78.5 Å². The lowest BCUT2D eigenvalue weighted by Crippen LogP contribution is -2.43. The van der Waals surface area contributed by atoms with E-state index in [0.717, 1.165) is 5.56 Å². The minimum Gasteiger partial charge on any atom is -0.336 e. The van der Waals surface area contributed by atoms with Crippen molar-refractivity contribution in [3.63, 3.8) is 0 Å². The Bertz CT molecular complexity index is 647. The Morgan fingerprint density at radius 3 is 2.12 bits per heavy atom. The summed E-state index contributed by atoms with van der Waals surface area (Å²) in [5, 5.41) is 5.37. The van der Waals surface area contributed by atoms with Gasteiger partial charge >= 0.3 is 6.03 Å². The fraction of sp³-hybridized carbons (Fsp3) is 0.588. The summed E-state index contributed by atoms with van der Waals surface area (Å²) in [6.07, 6.45) is 1.17. The molecule has 0 saturated heterocycles. The highest BCUT2D eigenvalue weighted by molar-refractivity contribution is 7.92.